The Kier molecular flexibility index (Phi) is 6.02. The van der Waals surface area contributed by atoms with Crippen molar-refractivity contribution in [3.8, 4) is 11.6 Å². The van der Waals surface area contributed by atoms with Gasteiger partial charge in [-0.2, -0.15) is 18.2 Å². The lowest BCUT2D eigenvalue weighted by molar-refractivity contribution is -0.141. The summed E-state index contributed by atoms with van der Waals surface area (Å²) in [6.45, 7) is 0.909. The molecule has 2 heterocycles. The number of anilines is 1. The number of hydrogen-bond donors (Lipinski definition) is 1. The van der Waals surface area contributed by atoms with E-state index in [9.17, 15) is 22.7 Å². The summed E-state index contributed by atoms with van der Waals surface area (Å²) in [5, 5.41) is 10.1. The van der Waals surface area contributed by atoms with Gasteiger partial charge in [-0.3, -0.25) is 0 Å². The molecule has 1 aromatic carbocycles. The summed E-state index contributed by atoms with van der Waals surface area (Å²) in [5.74, 6) is -0.960. The molecule has 2 fully saturated rings. The normalized spacial score (nSPS) is 22.1. The number of nitrogens with zero attached hydrogens (tertiary/aromatic N) is 4. The summed E-state index contributed by atoms with van der Waals surface area (Å²) in [6, 6.07) is 6.04. The zero-order chi connectivity index (χ0) is 22.2. The van der Waals surface area contributed by atoms with Crippen LogP contribution in [0, 0.1) is 5.82 Å². The molecule has 2 unspecified atom stereocenters. The minimum Gasteiger partial charge on any atom is -0.439 e. The van der Waals surface area contributed by atoms with E-state index in [0.29, 0.717) is 38.0 Å². The van der Waals surface area contributed by atoms with Crippen LogP contribution in [0.4, 0.5) is 23.5 Å². The summed E-state index contributed by atoms with van der Waals surface area (Å²) in [6.07, 6.45) is -2.22. The first-order chi connectivity index (χ1) is 14.7. The number of likely N-dealkylation sites (N-methyl/N-ethyl adjacent to an activating group) is 1. The van der Waals surface area contributed by atoms with Gasteiger partial charge >= 0.3 is 6.18 Å². The van der Waals surface area contributed by atoms with Crippen LogP contribution < -0.4 is 9.64 Å². The van der Waals surface area contributed by atoms with E-state index in [1.807, 2.05) is 7.05 Å². The molecule has 0 amide bonds. The Morgan fingerprint density at radius 3 is 2.65 bits per heavy atom. The molecule has 1 aliphatic carbocycles. The van der Waals surface area contributed by atoms with Crippen molar-refractivity contribution < 1.29 is 27.4 Å². The highest BCUT2D eigenvalue weighted by Crippen LogP contribution is 2.34. The van der Waals surface area contributed by atoms with Crippen LogP contribution in [0.5, 0.6) is 11.6 Å². The summed E-state index contributed by atoms with van der Waals surface area (Å²) < 4.78 is 59.5. The number of alkyl halides is 3. The molecule has 4 rings (SSSR count). The average molecular weight is 440 g/mol. The first-order valence-electron chi connectivity index (χ1n) is 10.2. The van der Waals surface area contributed by atoms with Gasteiger partial charge in [0.1, 0.15) is 11.6 Å². The fourth-order valence-electron chi connectivity index (χ4n) is 3.85. The Bertz CT molecular complexity index is 922. The first kappa shape index (κ1) is 21.8. The van der Waals surface area contributed by atoms with Crippen LogP contribution in [-0.4, -0.2) is 58.3 Å². The molecule has 168 valence electrons. The second-order valence-electron chi connectivity index (χ2n) is 8.14. The van der Waals surface area contributed by atoms with Gasteiger partial charge < -0.3 is 19.6 Å². The number of aromatic nitrogens is 2. The van der Waals surface area contributed by atoms with Crippen LogP contribution in [0.1, 0.15) is 31.4 Å². The number of hydrogen-bond acceptors (Lipinski definition) is 6. The highest BCUT2D eigenvalue weighted by atomic mass is 19.4. The van der Waals surface area contributed by atoms with Crippen LogP contribution in [0.25, 0.3) is 0 Å². The van der Waals surface area contributed by atoms with Crippen molar-refractivity contribution in [2.45, 2.75) is 50.0 Å². The second kappa shape index (κ2) is 8.58. The summed E-state index contributed by atoms with van der Waals surface area (Å²) in [4.78, 5) is 11.8. The third-order valence-electron chi connectivity index (χ3n) is 5.61. The third-order valence-corrected chi connectivity index (χ3v) is 5.61. The third kappa shape index (κ3) is 5.43. The zero-order valence-electron chi connectivity index (χ0n) is 17.0. The molecule has 1 aliphatic heterocycles. The maximum Gasteiger partial charge on any atom is 0.433 e. The van der Waals surface area contributed by atoms with Crippen molar-refractivity contribution in [1.29, 1.82) is 0 Å². The molecule has 1 aromatic heterocycles. The van der Waals surface area contributed by atoms with Crippen LogP contribution in [0.2, 0.25) is 0 Å². The number of ether oxygens (including phenoxy) is 1. The molecule has 1 saturated carbocycles. The van der Waals surface area contributed by atoms with Crippen molar-refractivity contribution in [2.24, 2.45) is 0 Å². The molecule has 2 aromatic rings. The standard InChI is InChI=1S/C21H24F4N4O2/c1-28(14-5-6-14)12-15-10-16(30)7-8-29(15)20-26-18(21(23,24)25)11-19(27-20)31-17-4-2-3-13(22)9-17/h2-4,9,11,14-16,30H,5-8,10,12H2,1H3. The molecule has 0 bridgehead atoms. The van der Waals surface area contributed by atoms with Gasteiger partial charge in [-0.25, -0.2) is 9.37 Å². The zero-order valence-corrected chi connectivity index (χ0v) is 17.0. The average Bonchev–Trinajstić information content (AvgIpc) is 3.52. The van der Waals surface area contributed by atoms with Gasteiger partial charge in [0.15, 0.2) is 5.69 Å². The maximum absolute atomic E-state index is 13.5. The van der Waals surface area contributed by atoms with Gasteiger partial charge in [0, 0.05) is 37.3 Å². The molecule has 1 saturated heterocycles. The maximum atomic E-state index is 13.5. The molecule has 2 atom stereocenters. The predicted molar refractivity (Wildman–Crippen MR) is 106 cm³/mol. The van der Waals surface area contributed by atoms with E-state index in [1.165, 1.54) is 18.2 Å². The Labute approximate surface area is 177 Å². The van der Waals surface area contributed by atoms with Crippen LogP contribution in [0.3, 0.4) is 0 Å². The van der Waals surface area contributed by atoms with Gasteiger partial charge in [-0.05, 0) is 44.9 Å². The number of rotatable bonds is 6. The van der Waals surface area contributed by atoms with Crippen LogP contribution in [-0.2, 0) is 6.18 Å². The van der Waals surface area contributed by atoms with E-state index in [1.54, 1.807) is 4.90 Å². The highest BCUT2D eigenvalue weighted by molar-refractivity contribution is 5.39. The number of halogens is 4. The van der Waals surface area contributed by atoms with Crippen molar-refractivity contribution in [3.63, 3.8) is 0 Å². The second-order valence-corrected chi connectivity index (χ2v) is 8.14. The largest absolute Gasteiger partial charge is 0.439 e. The monoisotopic (exact) mass is 440 g/mol. The molecule has 10 heteroatoms. The van der Waals surface area contributed by atoms with E-state index >= 15 is 0 Å². The van der Waals surface area contributed by atoms with Crippen LogP contribution in [0.15, 0.2) is 30.3 Å². The number of aliphatic hydroxyl groups is 1. The van der Waals surface area contributed by atoms with Gasteiger partial charge in [0.2, 0.25) is 11.8 Å². The van der Waals surface area contributed by atoms with Crippen molar-refractivity contribution in [3.05, 3.63) is 41.8 Å². The van der Waals surface area contributed by atoms with Gasteiger partial charge in [-0.1, -0.05) is 6.07 Å². The van der Waals surface area contributed by atoms with E-state index in [-0.39, 0.29) is 23.6 Å². The quantitative estimate of drug-likeness (QED) is 0.689. The minimum atomic E-state index is -4.70. The first-order valence-corrected chi connectivity index (χ1v) is 10.2. The van der Waals surface area contributed by atoms with E-state index in [2.05, 4.69) is 14.9 Å². The summed E-state index contributed by atoms with van der Waals surface area (Å²) >= 11 is 0. The van der Waals surface area contributed by atoms with Crippen molar-refractivity contribution in [2.75, 3.05) is 25.0 Å². The lowest BCUT2D eigenvalue weighted by atomic mass is 9.99. The smallest absolute Gasteiger partial charge is 0.433 e. The van der Waals surface area contributed by atoms with Gasteiger partial charge in [-0.15, -0.1) is 0 Å². The molecular formula is C21H24F4N4O2. The van der Waals surface area contributed by atoms with Crippen LogP contribution >= 0.6 is 0 Å². The summed E-state index contributed by atoms with van der Waals surface area (Å²) in [7, 11) is 1.97. The lowest BCUT2D eigenvalue weighted by Crippen LogP contribution is -2.50. The molecular weight excluding hydrogens is 416 g/mol. The molecule has 0 spiro atoms. The van der Waals surface area contributed by atoms with Crippen molar-refractivity contribution >= 4 is 5.95 Å². The van der Waals surface area contributed by atoms with Gasteiger partial charge in [0.25, 0.3) is 0 Å². The minimum absolute atomic E-state index is 0.0388. The molecule has 31 heavy (non-hydrogen) atoms. The molecule has 0 radical (unpaired) electrons. The molecule has 1 N–H and O–H groups in total. The fourth-order valence-corrected chi connectivity index (χ4v) is 3.85. The van der Waals surface area contributed by atoms with E-state index in [4.69, 9.17) is 4.74 Å². The fraction of sp³-hybridized carbons (Fsp3) is 0.524. The van der Waals surface area contributed by atoms with Gasteiger partial charge in [0.05, 0.1) is 6.10 Å². The Balaban J connectivity index is 1.65. The summed E-state index contributed by atoms with van der Waals surface area (Å²) in [5.41, 5.74) is -1.13. The number of aliphatic hydroxyl groups excluding tert-OH is 1. The van der Waals surface area contributed by atoms with E-state index in [0.717, 1.165) is 18.9 Å². The molecule has 6 nitrogen and oxygen atoms in total. The van der Waals surface area contributed by atoms with Crippen molar-refractivity contribution in [1.82, 2.24) is 14.9 Å². The topological polar surface area (TPSA) is 61.7 Å². The number of piperidine rings is 1. The van der Waals surface area contributed by atoms with E-state index < -0.39 is 23.8 Å². The SMILES string of the molecule is CN(CC1CC(O)CCN1c1nc(Oc2cccc(F)c2)cc(C(F)(F)F)n1)C1CC1. The molecule has 2 aliphatic rings. The lowest BCUT2D eigenvalue weighted by Gasteiger charge is -2.40. The number of benzene rings is 1. The highest BCUT2D eigenvalue weighted by Gasteiger charge is 2.37. The Morgan fingerprint density at radius 1 is 1.19 bits per heavy atom. The predicted octanol–water partition coefficient (Wildman–Crippen LogP) is 3.85. The Morgan fingerprint density at radius 2 is 1.97 bits per heavy atom. The Hall–Kier alpha value is -2.46.